The summed E-state index contributed by atoms with van der Waals surface area (Å²) in [7, 11) is -1.60. The van der Waals surface area contributed by atoms with E-state index in [4.69, 9.17) is 4.18 Å². The van der Waals surface area contributed by atoms with Gasteiger partial charge in [0.05, 0.1) is 16.1 Å². The summed E-state index contributed by atoms with van der Waals surface area (Å²) in [6, 6.07) is 13.7. The molecule has 2 aromatic carbocycles. The van der Waals surface area contributed by atoms with Crippen molar-refractivity contribution >= 4 is 37.0 Å². The molecule has 0 radical (unpaired) electrons. The van der Waals surface area contributed by atoms with Crippen LogP contribution in [0.15, 0.2) is 52.0 Å². The molecule has 1 aromatic heterocycles. The first kappa shape index (κ1) is 20.2. The number of hydrogen-bond donors (Lipinski definition) is 1. The summed E-state index contributed by atoms with van der Waals surface area (Å²) in [5.41, 5.74) is 4.90. The predicted molar refractivity (Wildman–Crippen MR) is 121 cm³/mol. The Morgan fingerprint density at radius 2 is 1.97 bits per heavy atom. The van der Waals surface area contributed by atoms with Gasteiger partial charge in [-0.2, -0.15) is 8.42 Å². The van der Waals surface area contributed by atoms with Gasteiger partial charge in [-0.3, -0.25) is 4.18 Å². The van der Waals surface area contributed by atoms with Crippen LogP contribution in [0.2, 0.25) is 0 Å². The highest BCUT2D eigenvalue weighted by atomic mass is 79.9. The standard InChI is InChI=1S/C23H25BrN2O3S/c1-14-6-8-16(9-7-14)30(27,28)29-13-15-10-18-17-4-3-5-20-22(17)19(23(24)25-20)11-21(18)26(2)12-15/h3-9,15,18,21,25H,10-13H2,1-2H3/t15?,18-,21-/m1/s1. The van der Waals surface area contributed by atoms with E-state index in [1.165, 1.54) is 16.5 Å². The van der Waals surface area contributed by atoms with Gasteiger partial charge in [0.1, 0.15) is 0 Å². The number of likely N-dealkylation sites (tertiary alicyclic amines) is 1. The van der Waals surface area contributed by atoms with E-state index in [2.05, 4.69) is 51.1 Å². The minimum Gasteiger partial charge on any atom is -0.349 e. The molecule has 5 nitrogen and oxygen atoms in total. The van der Waals surface area contributed by atoms with E-state index < -0.39 is 10.1 Å². The van der Waals surface area contributed by atoms with E-state index in [-0.39, 0.29) is 17.4 Å². The van der Waals surface area contributed by atoms with Crippen LogP contribution in [0.4, 0.5) is 0 Å². The Morgan fingerprint density at radius 3 is 2.73 bits per heavy atom. The SMILES string of the molecule is Cc1ccc(S(=O)(=O)OCC2C[C@@H]3c4cccc5[nH]c(Br)c(c45)C[C@H]3N(C)C2)cc1. The second kappa shape index (κ2) is 7.48. The molecular formula is C23H25BrN2O3S. The van der Waals surface area contributed by atoms with Gasteiger partial charge in [0.2, 0.25) is 0 Å². The van der Waals surface area contributed by atoms with Gasteiger partial charge in [0.15, 0.2) is 0 Å². The number of hydrogen-bond acceptors (Lipinski definition) is 4. The minimum absolute atomic E-state index is 0.163. The van der Waals surface area contributed by atoms with Gasteiger partial charge in [-0.15, -0.1) is 0 Å². The molecule has 3 atom stereocenters. The molecule has 0 spiro atoms. The Bertz CT molecular complexity index is 1200. The number of piperidine rings is 1. The van der Waals surface area contributed by atoms with E-state index in [1.807, 2.05) is 6.92 Å². The zero-order chi connectivity index (χ0) is 21.0. The first-order chi connectivity index (χ1) is 14.3. The number of nitrogens with zero attached hydrogens (tertiary/aromatic N) is 1. The van der Waals surface area contributed by atoms with Crippen LogP contribution >= 0.6 is 15.9 Å². The van der Waals surface area contributed by atoms with Gasteiger partial charge in [-0.05, 0) is 78.0 Å². The summed E-state index contributed by atoms with van der Waals surface area (Å²) in [4.78, 5) is 6.05. The average molecular weight is 489 g/mol. The Kier molecular flexibility index (Phi) is 5.05. The van der Waals surface area contributed by atoms with Gasteiger partial charge >= 0.3 is 0 Å². The Labute approximate surface area is 185 Å². The first-order valence-corrected chi connectivity index (χ1v) is 12.5. The molecule has 1 unspecified atom stereocenters. The quantitative estimate of drug-likeness (QED) is 0.544. The molecule has 1 aliphatic carbocycles. The molecule has 7 heteroatoms. The lowest BCUT2D eigenvalue weighted by Crippen LogP contribution is -2.48. The fraction of sp³-hybridized carbons (Fsp3) is 0.391. The van der Waals surface area contributed by atoms with Crippen LogP contribution in [0.3, 0.4) is 0 Å². The number of nitrogens with one attached hydrogen (secondary N) is 1. The number of H-pyrrole nitrogens is 1. The largest absolute Gasteiger partial charge is 0.349 e. The second-order valence-electron chi connectivity index (χ2n) is 8.66. The van der Waals surface area contributed by atoms with Crippen molar-refractivity contribution in [3.8, 4) is 0 Å². The van der Waals surface area contributed by atoms with Gasteiger partial charge in [0.25, 0.3) is 10.1 Å². The average Bonchev–Trinajstić information content (AvgIpc) is 3.04. The van der Waals surface area contributed by atoms with Crippen molar-refractivity contribution in [1.29, 1.82) is 0 Å². The number of fused-ring (bicyclic) bond motifs is 2. The number of aryl methyl sites for hydroxylation is 1. The molecule has 1 N–H and O–H groups in total. The number of halogens is 1. The number of aromatic amines is 1. The Morgan fingerprint density at radius 1 is 1.20 bits per heavy atom. The third kappa shape index (κ3) is 3.42. The molecule has 0 amide bonds. The Hall–Kier alpha value is -1.67. The van der Waals surface area contributed by atoms with Gasteiger partial charge in [-0.25, -0.2) is 0 Å². The summed E-state index contributed by atoms with van der Waals surface area (Å²) < 4.78 is 31.8. The predicted octanol–water partition coefficient (Wildman–Crippen LogP) is 4.60. The molecule has 3 aromatic rings. The molecule has 1 fully saturated rings. The maximum absolute atomic E-state index is 12.6. The van der Waals surface area contributed by atoms with Gasteiger partial charge < -0.3 is 9.88 Å². The van der Waals surface area contributed by atoms with Crippen LogP contribution in [0.25, 0.3) is 10.9 Å². The molecule has 2 aliphatic rings. The number of rotatable bonds is 4. The molecule has 0 saturated carbocycles. The molecule has 30 heavy (non-hydrogen) atoms. The monoisotopic (exact) mass is 488 g/mol. The summed E-state index contributed by atoms with van der Waals surface area (Å²) >= 11 is 3.70. The van der Waals surface area contributed by atoms with Crippen molar-refractivity contribution in [3.63, 3.8) is 0 Å². The van der Waals surface area contributed by atoms with Gasteiger partial charge in [0, 0.05) is 29.4 Å². The maximum atomic E-state index is 12.6. The highest BCUT2D eigenvalue weighted by Gasteiger charge is 2.40. The summed E-state index contributed by atoms with van der Waals surface area (Å²) in [6.45, 7) is 2.98. The summed E-state index contributed by atoms with van der Waals surface area (Å²) in [5, 5.41) is 1.33. The van der Waals surface area contributed by atoms with Crippen LogP contribution < -0.4 is 0 Å². The molecule has 2 heterocycles. The number of aromatic nitrogens is 1. The van der Waals surface area contributed by atoms with E-state index in [0.29, 0.717) is 12.0 Å². The van der Waals surface area contributed by atoms with Gasteiger partial charge in [-0.1, -0.05) is 29.8 Å². The van der Waals surface area contributed by atoms with Crippen LogP contribution in [0.1, 0.15) is 29.0 Å². The van der Waals surface area contributed by atoms with E-state index in [0.717, 1.165) is 35.1 Å². The third-order valence-corrected chi connectivity index (χ3v) is 8.63. The number of benzene rings is 2. The van der Waals surface area contributed by atoms with Crippen molar-refractivity contribution in [2.24, 2.45) is 5.92 Å². The smallest absolute Gasteiger partial charge is 0.296 e. The summed E-state index contributed by atoms with van der Waals surface area (Å²) in [6.07, 6.45) is 1.92. The van der Waals surface area contributed by atoms with Crippen molar-refractivity contribution < 1.29 is 12.6 Å². The molecule has 1 aliphatic heterocycles. The lowest BCUT2D eigenvalue weighted by Gasteiger charge is -2.45. The zero-order valence-corrected chi connectivity index (χ0v) is 19.5. The fourth-order valence-electron chi connectivity index (χ4n) is 5.18. The lowest BCUT2D eigenvalue weighted by atomic mass is 9.72. The number of likely N-dealkylation sites (N-methyl/N-ethyl adjacent to an activating group) is 1. The van der Waals surface area contributed by atoms with E-state index in [1.54, 1.807) is 24.3 Å². The normalized spacial score (nSPS) is 24.2. The van der Waals surface area contributed by atoms with Crippen LogP contribution in [-0.2, 0) is 20.7 Å². The van der Waals surface area contributed by atoms with Crippen molar-refractivity contribution in [2.75, 3.05) is 20.2 Å². The molecule has 1 saturated heterocycles. The fourth-order valence-corrected chi connectivity index (χ4v) is 6.73. The minimum atomic E-state index is -3.74. The van der Waals surface area contributed by atoms with E-state index in [9.17, 15) is 8.42 Å². The molecule has 158 valence electrons. The van der Waals surface area contributed by atoms with Crippen molar-refractivity contribution in [2.45, 2.75) is 36.6 Å². The highest BCUT2D eigenvalue weighted by molar-refractivity contribution is 9.10. The first-order valence-electron chi connectivity index (χ1n) is 10.3. The maximum Gasteiger partial charge on any atom is 0.296 e. The Balaban J connectivity index is 1.38. The van der Waals surface area contributed by atoms with Crippen LogP contribution in [0, 0.1) is 12.8 Å². The molecule has 0 bridgehead atoms. The lowest BCUT2D eigenvalue weighted by molar-refractivity contribution is 0.0853. The molecular weight excluding hydrogens is 464 g/mol. The highest BCUT2D eigenvalue weighted by Crippen LogP contribution is 2.46. The third-order valence-electron chi connectivity index (χ3n) is 6.65. The van der Waals surface area contributed by atoms with Crippen LogP contribution in [0.5, 0.6) is 0 Å². The molecule has 5 rings (SSSR count). The second-order valence-corrected chi connectivity index (χ2v) is 11.1. The van der Waals surface area contributed by atoms with E-state index >= 15 is 0 Å². The van der Waals surface area contributed by atoms with Crippen LogP contribution in [-0.4, -0.2) is 44.5 Å². The zero-order valence-electron chi connectivity index (χ0n) is 17.1. The topological polar surface area (TPSA) is 62.4 Å². The summed E-state index contributed by atoms with van der Waals surface area (Å²) in [5.74, 6) is 0.536. The van der Waals surface area contributed by atoms with Crippen molar-refractivity contribution in [3.05, 3.63) is 63.8 Å². The van der Waals surface area contributed by atoms with Crippen molar-refractivity contribution in [1.82, 2.24) is 9.88 Å².